The molecule has 9 heteroatoms. The van der Waals surface area contributed by atoms with Gasteiger partial charge < -0.3 is 29.3 Å². The van der Waals surface area contributed by atoms with Gasteiger partial charge in [-0.1, -0.05) is 48.9 Å². The number of amides is 3. The Balaban J connectivity index is 1.32. The van der Waals surface area contributed by atoms with E-state index in [-0.39, 0.29) is 24.4 Å². The van der Waals surface area contributed by atoms with Gasteiger partial charge in [-0.3, -0.25) is 9.59 Å². The second-order valence-electron chi connectivity index (χ2n) is 13.8. The number of para-hydroxylation sites is 1. The van der Waals surface area contributed by atoms with Gasteiger partial charge in [0.05, 0.1) is 5.56 Å². The number of piperidine rings is 1. The quantitative estimate of drug-likeness (QED) is 0.260. The Hall–Kier alpha value is -4.89. The van der Waals surface area contributed by atoms with E-state index in [0.29, 0.717) is 30.6 Å². The number of hydrogen-bond acceptors (Lipinski definition) is 4. The molecule has 1 aromatic heterocycles. The average Bonchev–Trinajstić information content (AvgIpc) is 3.43. The highest BCUT2D eigenvalue weighted by molar-refractivity contribution is 6.08. The highest BCUT2D eigenvalue weighted by Gasteiger charge is 2.35. The molecule has 0 radical (unpaired) electrons. The Labute approximate surface area is 288 Å². The highest BCUT2D eigenvalue weighted by atomic mass is 16.4. The summed E-state index contributed by atoms with van der Waals surface area (Å²) in [4.78, 5) is 48.6. The van der Waals surface area contributed by atoms with E-state index < -0.39 is 6.09 Å². The largest absolute Gasteiger partial charge is 0.465 e. The molecule has 1 fully saturated rings. The van der Waals surface area contributed by atoms with Crippen molar-refractivity contribution in [2.24, 2.45) is 7.05 Å². The first-order valence-corrected chi connectivity index (χ1v) is 17.4. The Morgan fingerprint density at radius 3 is 2.27 bits per heavy atom. The summed E-state index contributed by atoms with van der Waals surface area (Å²) >= 11 is 0. The molecule has 7 rings (SSSR count). The Morgan fingerprint density at radius 2 is 1.53 bits per heavy atom. The first-order valence-electron chi connectivity index (χ1n) is 17.4. The van der Waals surface area contributed by atoms with E-state index in [1.807, 2.05) is 72.0 Å². The normalized spacial score (nSPS) is 17.7. The van der Waals surface area contributed by atoms with Gasteiger partial charge in [0.15, 0.2) is 0 Å². The Kier molecular flexibility index (Phi) is 9.03. The molecule has 9 nitrogen and oxygen atoms in total. The van der Waals surface area contributed by atoms with Crippen LogP contribution < -0.4 is 4.90 Å². The molecule has 49 heavy (non-hydrogen) atoms. The zero-order valence-electron chi connectivity index (χ0n) is 28.7. The number of hydrogen-bond donors (Lipinski definition) is 1. The highest BCUT2D eigenvalue weighted by Crippen LogP contribution is 2.36. The number of anilines is 1. The van der Waals surface area contributed by atoms with E-state index in [1.54, 1.807) is 11.9 Å². The van der Waals surface area contributed by atoms with Crippen molar-refractivity contribution in [1.82, 2.24) is 19.3 Å². The molecule has 1 atom stereocenters. The minimum atomic E-state index is -0.958. The summed E-state index contributed by atoms with van der Waals surface area (Å²) in [6.45, 7) is 6.01. The zero-order valence-corrected chi connectivity index (χ0v) is 28.7. The van der Waals surface area contributed by atoms with Crippen LogP contribution in [0.15, 0.2) is 72.8 Å². The van der Waals surface area contributed by atoms with Crippen LogP contribution >= 0.6 is 0 Å². The van der Waals surface area contributed by atoms with Gasteiger partial charge in [0.25, 0.3) is 11.8 Å². The predicted octanol–water partition coefficient (Wildman–Crippen LogP) is 6.37. The summed E-state index contributed by atoms with van der Waals surface area (Å²) in [5, 5.41) is 9.82. The number of carbonyl (C=O) groups is 3. The number of carbonyl (C=O) groups excluding carboxylic acids is 2. The smallest absolute Gasteiger partial charge is 0.407 e. The molecular weight excluding hydrogens is 614 g/mol. The van der Waals surface area contributed by atoms with Gasteiger partial charge in [0.2, 0.25) is 0 Å². The maximum Gasteiger partial charge on any atom is 0.407 e. The molecule has 1 N–H and O–H groups in total. The fraction of sp³-hybridized carbons (Fsp3) is 0.375. The molecule has 254 valence electrons. The van der Waals surface area contributed by atoms with Crippen molar-refractivity contribution in [2.45, 2.75) is 58.2 Å². The average molecular weight is 660 g/mol. The molecule has 0 aliphatic carbocycles. The third kappa shape index (κ3) is 6.35. The third-order valence-corrected chi connectivity index (χ3v) is 10.9. The topological polar surface area (TPSA) is 89.3 Å². The molecule has 3 aliphatic rings. The van der Waals surface area contributed by atoms with Crippen LogP contribution in [0.1, 0.15) is 67.9 Å². The summed E-state index contributed by atoms with van der Waals surface area (Å²) in [6, 6.07) is 23.9. The van der Waals surface area contributed by atoms with Gasteiger partial charge in [-0.15, -0.1) is 0 Å². The van der Waals surface area contributed by atoms with Crippen LogP contribution in [-0.2, 0) is 33.0 Å². The van der Waals surface area contributed by atoms with Crippen molar-refractivity contribution >= 4 is 23.6 Å². The maximum atomic E-state index is 15.1. The SMILES string of the molecule is Cc1c(C(=O)N(C)c2ccccc2)cc(-c2cc3c(cc2C(=O)N2Cc4ccccc4C[C@H]2CN2CCCCC2)CN(C(=O)O)CC3)n1C. The third-order valence-electron chi connectivity index (χ3n) is 10.9. The standard InChI is InChI=1S/C40H45N5O4/c1-27-34(38(46)42(3)32-14-6-4-7-15-32)23-37(41(27)2)35-21-29-16-19-44(40(48)49)24-31(29)22-36(35)39(47)45-25-30-13-9-8-12-28(30)20-33(45)26-43-17-10-5-11-18-43/h4,6-9,12-15,21-23,33H,5,10-11,16-20,24-26H2,1-3H3,(H,48,49)/t33-/m0/s1. The molecular formula is C40H45N5O4. The second-order valence-corrected chi connectivity index (χ2v) is 13.8. The second kappa shape index (κ2) is 13.6. The molecule has 0 unspecified atom stereocenters. The van der Waals surface area contributed by atoms with Crippen molar-refractivity contribution < 1.29 is 19.5 Å². The monoisotopic (exact) mass is 659 g/mol. The van der Waals surface area contributed by atoms with E-state index in [1.165, 1.54) is 29.7 Å². The molecule has 3 aliphatic heterocycles. The summed E-state index contributed by atoms with van der Waals surface area (Å²) in [6.07, 6.45) is 4.00. The number of likely N-dealkylation sites (tertiary alicyclic amines) is 1. The van der Waals surface area contributed by atoms with Crippen LogP contribution in [0.2, 0.25) is 0 Å². The van der Waals surface area contributed by atoms with Gasteiger partial charge in [-0.05, 0) is 98.3 Å². The van der Waals surface area contributed by atoms with Crippen molar-refractivity contribution in [1.29, 1.82) is 0 Å². The van der Waals surface area contributed by atoms with Gasteiger partial charge >= 0.3 is 6.09 Å². The van der Waals surface area contributed by atoms with Crippen molar-refractivity contribution in [3.05, 3.63) is 112 Å². The number of benzene rings is 3. The number of rotatable bonds is 6. The molecule has 3 amide bonds. The molecule has 0 bridgehead atoms. The van der Waals surface area contributed by atoms with Gasteiger partial charge in [0, 0.05) is 74.5 Å². The molecule has 3 aromatic carbocycles. The summed E-state index contributed by atoms with van der Waals surface area (Å²) in [5.74, 6) is -0.183. The zero-order chi connectivity index (χ0) is 34.2. The lowest BCUT2D eigenvalue weighted by Crippen LogP contribution is -2.51. The minimum Gasteiger partial charge on any atom is -0.465 e. The van der Waals surface area contributed by atoms with Crippen molar-refractivity contribution in [2.75, 3.05) is 38.1 Å². The van der Waals surface area contributed by atoms with Crippen LogP contribution in [0.5, 0.6) is 0 Å². The fourth-order valence-corrected chi connectivity index (χ4v) is 7.87. The number of nitrogens with zero attached hydrogens (tertiary/aromatic N) is 5. The fourth-order valence-electron chi connectivity index (χ4n) is 7.87. The molecule has 1 saturated heterocycles. The molecule has 0 spiro atoms. The molecule has 4 aromatic rings. The number of carboxylic acid groups (broad SMARTS) is 1. The van der Waals surface area contributed by atoms with Crippen molar-refractivity contribution in [3.8, 4) is 11.3 Å². The van der Waals surface area contributed by atoms with Gasteiger partial charge in [0.1, 0.15) is 0 Å². The minimum absolute atomic E-state index is 0.00621. The first-order chi connectivity index (χ1) is 23.7. The Bertz CT molecular complexity index is 1890. The maximum absolute atomic E-state index is 15.1. The van der Waals surface area contributed by atoms with E-state index >= 15 is 4.79 Å². The van der Waals surface area contributed by atoms with Crippen LogP contribution in [0.25, 0.3) is 11.3 Å². The van der Waals surface area contributed by atoms with Gasteiger partial charge in [-0.2, -0.15) is 0 Å². The van der Waals surface area contributed by atoms with Crippen LogP contribution in [0.4, 0.5) is 10.5 Å². The van der Waals surface area contributed by atoms with Crippen molar-refractivity contribution in [3.63, 3.8) is 0 Å². The number of fused-ring (bicyclic) bond motifs is 2. The van der Waals surface area contributed by atoms with Crippen LogP contribution in [0, 0.1) is 6.92 Å². The summed E-state index contributed by atoms with van der Waals surface area (Å²) < 4.78 is 2.01. The Morgan fingerprint density at radius 1 is 0.816 bits per heavy atom. The van der Waals surface area contributed by atoms with E-state index in [0.717, 1.165) is 65.4 Å². The van der Waals surface area contributed by atoms with E-state index in [9.17, 15) is 14.7 Å². The van der Waals surface area contributed by atoms with E-state index in [2.05, 4.69) is 29.2 Å². The summed E-state index contributed by atoms with van der Waals surface area (Å²) in [7, 11) is 3.72. The van der Waals surface area contributed by atoms with Crippen LogP contribution in [0.3, 0.4) is 0 Å². The lowest BCUT2D eigenvalue weighted by atomic mass is 9.89. The first kappa shape index (κ1) is 32.6. The van der Waals surface area contributed by atoms with Gasteiger partial charge in [-0.25, -0.2) is 4.79 Å². The number of aromatic nitrogens is 1. The predicted molar refractivity (Wildman–Crippen MR) is 191 cm³/mol. The molecule has 4 heterocycles. The van der Waals surface area contributed by atoms with E-state index in [4.69, 9.17) is 0 Å². The molecule has 0 saturated carbocycles. The lowest BCUT2D eigenvalue weighted by molar-refractivity contribution is 0.0566. The summed E-state index contributed by atoms with van der Waals surface area (Å²) in [5.41, 5.74) is 8.64. The van der Waals surface area contributed by atoms with Crippen LogP contribution in [-0.4, -0.2) is 81.5 Å². The lowest BCUT2D eigenvalue weighted by Gasteiger charge is -2.41.